The Bertz CT molecular complexity index is 736. The molecule has 0 saturated carbocycles. The molecule has 0 unspecified atom stereocenters. The van der Waals surface area contributed by atoms with E-state index in [1.807, 2.05) is 0 Å². The number of sulfone groups is 1. The van der Waals surface area contributed by atoms with Crippen LogP contribution in [0.15, 0.2) is 23.1 Å². The van der Waals surface area contributed by atoms with Crippen molar-refractivity contribution in [3.05, 3.63) is 18.2 Å². The Hall–Kier alpha value is -1.67. The number of hydrogen-bond acceptors (Lipinski definition) is 6. The number of carboxylic acids is 1. The number of rotatable bonds is 4. The van der Waals surface area contributed by atoms with E-state index in [0.29, 0.717) is 10.6 Å². The summed E-state index contributed by atoms with van der Waals surface area (Å²) >= 11 is 1.26. The van der Waals surface area contributed by atoms with Gasteiger partial charge in [-0.25, -0.2) is 13.4 Å². The predicted octanol–water partition coefficient (Wildman–Crippen LogP) is 1.22. The van der Waals surface area contributed by atoms with E-state index in [0.717, 1.165) is 11.0 Å². The lowest BCUT2D eigenvalue weighted by molar-refractivity contribution is -0.135. The third-order valence-corrected chi connectivity index (χ3v) is 4.72. The number of nitrogens with zero attached hydrogens (tertiary/aromatic N) is 2. The van der Waals surface area contributed by atoms with Gasteiger partial charge < -0.3 is 10.0 Å². The highest BCUT2D eigenvalue weighted by atomic mass is 32.2. The van der Waals surface area contributed by atoms with Crippen molar-refractivity contribution in [2.45, 2.75) is 4.90 Å². The largest absolute Gasteiger partial charge is 0.480 e. The summed E-state index contributed by atoms with van der Waals surface area (Å²) in [5, 5.41) is 9.27. The van der Waals surface area contributed by atoms with Crippen molar-refractivity contribution in [3.8, 4) is 0 Å². The Morgan fingerprint density at radius 3 is 2.74 bits per heavy atom. The Kier molecular flexibility index (Phi) is 3.46. The van der Waals surface area contributed by atoms with Gasteiger partial charge in [-0.2, -0.15) is 0 Å². The maximum atomic E-state index is 11.5. The van der Waals surface area contributed by atoms with Crippen molar-refractivity contribution in [1.29, 1.82) is 0 Å². The minimum Gasteiger partial charge on any atom is -0.480 e. The highest BCUT2D eigenvalue weighted by Crippen LogP contribution is 2.29. The molecule has 1 aromatic carbocycles. The first kappa shape index (κ1) is 13.8. The van der Waals surface area contributed by atoms with E-state index in [1.54, 1.807) is 19.2 Å². The molecule has 1 heterocycles. The second-order valence-electron chi connectivity index (χ2n) is 4.15. The summed E-state index contributed by atoms with van der Waals surface area (Å²) in [5.41, 5.74) is 0.657. The van der Waals surface area contributed by atoms with Gasteiger partial charge in [0, 0.05) is 13.3 Å². The number of hydrogen-bond donors (Lipinski definition) is 1. The molecule has 0 saturated heterocycles. The first-order valence-corrected chi connectivity index (χ1v) is 8.02. The van der Waals surface area contributed by atoms with E-state index >= 15 is 0 Å². The van der Waals surface area contributed by atoms with Crippen LogP contribution in [0, 0.1) is 0 Å². The Morgan fingerprint density at radius 1 is 1.47 bits per heavy atom. The number of thiazole rings is 1. The van der Waals surface area contributed by atoms with E-state index in [2.05, 4.69) is 4.98 Å². The maximum absolute atomic E-state index is 11.5. The van der Waals surface area contributed by atoms with Gasteiger partial charge in [0.1, 0.15) is 6.54 Å². The molecule has 0 atom stereocenters. The van der Waals surface area contributed by atoms with Crippen molar-refractivity contribution >= 4 is 42.5 Å². The van der Waals surface area contributed by atoms with Crippen molar-refractivity contribution in [2.24, 2.45) is 0 Å². The lowest BCUT2D eigenvalue weighted by atomic mass is 10.3. The highest BCUT2D eigenvalue weighted by molar-refractivity contribution is 7.90. The zero-order valence-corrected chi connectivity index (χ0v) is 12.0. The molecule has 2 aromatic rings. The number of carbonyl (C=O) groups is 1. The van der Waals surface area contributed by atoms with Gasteiger partial charge in [0.05, 0.1) is 15.1 Å². The molecular weight excluding hydrogens is 288 g/mol. The maximum Gasteiger partial charge on any atom is 0.323 e. The van der Waals surface area contributed by atoms with Crippen molar-refractivity contribution < 1.29 is 18.3 Å². The normalized spacial score (nSPS) is 11.7. The molecule has 8 heteroatoms. The van der Waals surface area contributed by atoms with Crippen LogP contribution in [0.4, 0.5) is 5.13 Å². The molecule has 0 radical (unpaired) electrons. The average molecular weight is 300 g/mol. The first-order chi connectivity index (χ1) is 8.77. The van der Waals surface area contributed by atoms with Crippen LogP contribution in [-0.4, -0.2) is 44.3 Å². The van der Waals surface area contributed by atoms with Gasteiger partial charge in [0.15, 0.2) is 15.0 Å². The van der Waals surface area contributed by atoms with Crippen LogP contribution in [-0.2, 0) is 14.6 Å². The van der Waals surface area contributed by atoms with E-state index in [1.165, 1.54) is 22.3 Å². The zero-order valence-electron chi connectivity index (χ0n) is 10.3. The lowest BCUT2D eigenvalue weighted by Crippen LogP contribution is -2.24. The van der Waals surface area contributed by atoms with Gasteiger partial charge in [-0.15, -0.1) is 0 Å². The minimum absolute atomic E-state index is 0.154. The van der Waals surface area contributed by atoms with Crippen LogP contribution in [0.1, 0.15) is 0 Å². The second kappa shape index (κ2) is 4.78. The smallest absolute Gasteiger partial charge is 0.323 e. The third-order valence-electron chi connectivity index (χ3n) is 2.48. The van der Waals surface area contributed by atoms with E-state index < -0.39 is 15.8 Å². The summed E-state index contributed by atoms with van der Waals surface area (Å²) < 4.78 is 23.6. The molecule has 0 aliphatic heterocycles. The van der Waals surface area contributed by atoms with E-state index in [4.69, 9.17) is 5.11 Å². The van der Waals surface area contributed by atoms with Crippen LogP contribution in [0.25, 0.3) is 10.2 Å². The van der Waals surface area contributed by atoms with Crippen LogP contribution >= 0.6 is 11.3 Å². The average Bonchev–Trinajstić information content (AvgIpc) is 2.69. The van der Waals surface area contributed by atoms with Gasteiger partial charge in [0.25, 0.3) is 0 Å². The summed E-state index contributed by atoms with van der Waals surface area (Å²) in [5.74, 6) is -0.946. The Labute approximate surface area is 114 Å². The van der Waals surface area contributed by atoms with Gasteiger partial charge in [-0.05, 0) is 18.2 Å². The van der Waals surface area contributed by atoms with Crippen LogP contribution < -0.4 is 4.90 Å². The molecule has 0 aliphatic carbocycles. The quantitative estimate of drug-likeness (QED) is 0.913. The van der Waals surface area contributed by atoms with Gasteiger partial charge >= 0.3 is 5.97 Å². The zero-order chi connectivity index (χ0) is 14.2. The fourth-order valence-electron chi connectivity index (χ4n) is 1.56. The van der Waals surface area contributed by atoms with Crippen molar-refractivity contribution in [2.75, 3.05) is 24.7 Å². The SMILES string of the molecule is CN(CC(=O)O)c1nc2ccc(S(C)(=O)=O)cc2s1. The summed E-state index contributed by atoms with van der Waals surface area (Å²) in [6.07, 6.45) is 1.15. The van der Waals surface area contributed by atoms with Gasteiger partial charge in [0.2, 0.25) is 0 Å². The molecule has 0 spiro atoms. The summed E-state index contributed by atoms with van der Waals surface area (Å²) in [6.45, 7) is -0.154. The Balaban J connectivity index is 2.44. The van der Waals surface area contributed by atoms with E-state index in [-0.39, 0.29) is 11.4 Å². The Morgan fingerprint density at radius 2 is 2.16 bits per heavy atom. The molecule has 0 fully saturated rings. The topological polar surface area (TPSA) is 87.6 Å². The molecule has 102 valence electrons. The summed E-state index contributed by atoms with van der Waals surface area (Å²) in [7, 11) is -1.62. The predicted molar refractivity (Wildman–Crippen MR) is 73.6 cm³/mol. The summed E-state index contributed by atoms with van der Waals surface area (Å²) in [4.78, 5) is 16.7. The molecule has 19 heavy (non-hydrogen) atoms. The lowest BCUT2D eigenvalue weighted by Gasteiger charge is -2.11. The fourth-order valence-corrected chi connectivity index (χ4v) is 3.24. The molecular formula is C11H12N2O4S2. The standard InChI is InChI=1S/C11H12N2O4S2/c1-13(6-10(14)15)11-12-8-4-3-7(19(2,16)17)5-9(8)18-11/h3-5H,6H2,1-2H3,(H,14,15). The van der Waals surface area contributed by atoms with Gasteiger partial charge in [-0.3, -0.25) is 4.79 Å². The third kappa shape index (κ3) is 3.02. The fraction of sp³-hybridized carbons (Fsp3) is 0.273. The number of benzene rings is 1. The number of aromatic nitrogens is 1. The minimum atomic E-state index is -3.25. The van der Waals surface area contributed by atoms with Gasteiger partial charge in [-0.1, -0.05) is 11.3 Å². The van der Waals surface area contributed by atoms with Crippen LogP contribution in [0.3, 0.4) is 0 Å². The van der Waals surface area contributed by atoms with Crippen LogP contribution in [0.2, 0.25) is 0 Å². The number of carboxylic acid groups (broad SMARTS) is 1. The number of fused-ring (bicyclic) bond motifs is 1. The van der Waals surface area contributed by atoms with E-state index in [9.17, 15) is 13.2 Å². The molecule has 0 bridgehead atoms. The molecule has 1 aromatic heterocycles. The number of likely N-dealkylation sites (N-methyl/N-ethyl adjacent to an activating group) is 1. The number of aliphatic carboxylic acids is 1. The molecule has 6 nitrogen and oxygen atoms in total. The molecule has 0 amide bonds. The number of anilines is 1. The van der Waals surface area contributed by atoms with Crippen molar-refractivity contribution in [1.82, 2.24) is 4.98 Å². The highest BCUT2D eigenvalue weighted by Gasteiger charge is 2.13. The first-order valence-electron chi connectivity index (χ1n) is 5.31. The summed E-state index contributed by atoms with van der Waals surface area (Å²) in [6, 6.07) is 4.68. The molecule has 0 aliphatic rings. The van der Waals surface area contributed by atoms with Crippen molar-refractivity contribution in [3.63, 3.8) is 0 Å². The monoisotopic (exact) mass is 300 g/mol. The second-order valence-corrected chi connectivity index (χ2v) is 7.17. The molecule has 2 rings (SSSR count). The molecule has 1 N–H and O–H groups in total. The van der Waals surface area contributed by atoms with Crippen LogP contribution in [0.5, 0.6) is 0 Å².